The van der Waals surface area contributed by atoms with Crippen molar-refractivity contribution in [3.05, 3.63) is 102 Å². The van der Waals surface area contributed by atoms with Crippen LogP contribution in [0.4, 0.5) is 0 Å². The molecular formula is C79H140N2Pd. The third-order valence-corrected chi connectivity index (χ3v) is 17.5. The third-order valence-electron chi connectivity index (χ3n) is 17.5. The third kappa shape index (κ3) is 47.3. The van der Waals surface area contributed by atoms with E-state index in [1.54, 1.807) is 0 Å². The molecule has 0 saturated heterocycles. The number of benzene rings is 2. The van der Waals surface area contributed by atoms with Crippen molar-refractivity contribution >= 4 is 11.4 Å². The fourth-order valence-electron chi connectivity index (χ4n) is 12.0. The van der Waals surface area contributed by atoms with Gasteiger partial charge < -0.3 is 19.4 Å². The van der Waals surface area contributed by atoms with Gasteiger partial charge in [0.15, 0.2) is 0 Å². The van der Waals surface area contributed by atoms with E-state index in [1.165, 1.54) is 342 Å². The molecule has 0 fully saturated rings. The van der Waals surface area contributed by atoms with Crippen molar-refractivity contribution in [2.45, 2.75) is 394 Å². The van der Waals surface area contributed by atoms with Crippen LogP contribution in [-0.4, -0.2) is 4.70 Å². The van der Waals surface area contributed by atoms with E-state index in [1.807, 2.05) is 0 Å². The Morgan fingerprint density at radius 1 is 0.317 bits per heavy atom. The Bertz CT molecular complexity index is 1610. The molecule has 82 heavy (non-hydrogen) atoms. The summed E-state index contributed by atoms with van der Waals surface area (Å²) in [6, 6.07) is 17.2. The molecule has 1 heterocycles. The molecule has 0 unspecified atom stereocenters. The molecule has 1 aliphatic rings. The van der Waals surface area contributed by atoms with Gasteiger partial charge in [-0.05, 0) is 67.5 Å². The first-order valence-electron chi connectivity index (χ1n) is 36.7. The molecule has 0 amide bonds. The second-order valence-corrected chi connectivity index (χ2v) is 25.3. The molecule has 2 nitrogen and oxygen atoms in total. The largest absolute Gasteiger partial charge is 2.00 e. The molecule has 0 N–H and O–H groups in total. The van der Waals surface area contributed by atoms with Crippen molar-refractivity contribution in [3.63, 3.8) is 0 Å². The van der Waals surface area contributed by atoms with Gasteiger partial charge in [-0.2, -0.15) is 12.8 Å². The zero-order valence-electron chi connectivity index (χ0n) is 55.9. The SMILES string of the molecule is CCCCCC1=C(c2cccc(CCCC)c2)[N+](=[N-])C(c2cccc(CC)c2)=C1.[CH2-]CCCCCCCCCCCCCCCCCCCCCCCCC.[CH2-]CCCCCCCCCCCCCCCCCCCCCCCCC.[Pd+2]. The number of aryl methyl sites for hydroxylation is 2. The maximum atomic E-state index is 11.2. The van der Waals surface area contributed by atoms with Crippen LogP contribution in [0.2, 0.25) is 0 Å². The van der Waals surface area contributed by atoms with E-state index in [4.69, 9.17) is 0 Å². The van der Waals surface area contributed by atoms with E-state index in [-0.39, 0.29) is 20.4 Å². The van der Waals surface area contributed by atoms with Crippen molar-refractivity contribution in [3.8, 4) is 0 Å². The van der Waals surface area contributed by atoms with Gasteiger partial charge in [0.1, 0.15) is 0 Å². The van der Waals surface area contributed by atoms with Crippen LogP contribution in [0.15, 0.2) is 60.2 Å². The number of nitrogens with zero attached hydrogens (tertiary/aromatic N) is 2. The Labute approximate surface area is 529 Å². The quantitative estimate of drug-likeness (QED) is 0.0273. The van der Waals surface area contributed by atoms with Crippen LogP contribution in [0, 0.1) is 13.8 Å². The number of hydrogen-bond acceptors (Lipinski definition) is 0. The van der Waals surface area contributed by atoms with Crippen LogP contribution in [0.25, 0.3) is 16.9 Å². The minimum Gasteiger partial charge on any atom is -0.493 e. The molecule has 1 aliphatic heterocycles. The Balaban J connectivity index is 0.00000120. The topological polar surface area (TPSA) is 25.3 Å². The van der Waals surface area contributed by atoms with Gasteiger partial charge in [0, 0.05) is 22.8 Å². The van der Waals surface area contributed by atoms with Crippen LogP contribution in [0.1, 0.15) is 404 Å². The van der Waals surface area contributed by atoms with E-state index in [2.05, 4.69) is 103 Å². The van der Waals surface area contributed by atoms with Crippen LogP contribution < -0.4 is 0 Å². The summed E-state index contributed by atoms with van der Waals surface area (Å²) in [4.78, 5) is 0. The second-order valence-electron chi connectivity index (χ2n) is 25.3. The molecule has 3 rings (SSSR count). The maximum Gasteiger partial charge on any atom is 2.00 e. The molecule has 0 spiro atoms. The van der Waals surface area contributed by atoms with Gasteiger partial charge in [-0.1, -0.05) is 374 Å². The Morgan fingerprint density at radius 3 is 0.915 bits per heavy atom. The normalized spacial score (nSPS) is 12.1. The summed E-state index contributed by atoms with van der Waals surface area (Å²) < 4.78 is 1.43. The van der Waals surface area contributed by atoms with E-state index < -0.39 is 0 Å². The minimum atomic E-state index is 0. The zero-order chi connectivity index (χ0) is 58.6. The summed E-state index contributed by atoms with van der Waals surface area (Å²) in [5.41, 5.74) is 19.1. The van der Waals surface area contributed by atoms with Gasteiger partial charge in [-0.15, -0.1) is 0 Å². The fraction of sp³-hybridized carbons (Fsp3) is 0.772. The fourth-order valence-corrected chi connectivity index (χ4v) is 12.0. The molecular weight excluding hydrogens is 1080 g/mol. The molecule has 0 bridgehead atoms. The summed E-state index contributed by atoms with van der Waals surface area (Å²) in [5, 5.41) is 0. The molecule has 2 aromatic rings. The van der Waals surface area contributed by atoms with Crippen LogP contribution in [0.3, 0.4) is 0 Å². The van der Waals surface area contributed by atoms with Crippen LogP contribution in [0.5, 0.6) is 0 Å². The van der Waals surface area contributed by atoms with Gasteiger partial charge >= 0.3 is 20.4 Å². The second kappa shape index (κ2) is 63.7. The molecule has 0 atom stereocenters. The Hall–Kier alpha value is -1.82. The summed E-state index contributed by atoms with van der Waals surface area (Å²) >= 11 is 0. The van der Waals surface area contributed by atoms with Gasteiger partial charge in [0.05, 0.1) is 0 Å². The van der Waals surface area contributed by atoms with E-state index in [0.29, 0.717) is 0 Å². The average Bonchev–Trinajstić information content (AvgIpc) is 3.78. The van der Waals surface area contributed by atoms with E-state index >= 15 is 0 Å². The monoisotopic (exact) mass is 1220 g/mol. The summed E-state index contributed by atoms with van der Waals surface area (Å²) in [6.45, 7) is 19.1. The number of rotatable bonds is 56. The standard InChI is InChI=1S/C27H34N2.2C26H53.Pd/c1-4-7-9-15-25-20-26(23-16-10-13-21(6-3)18-23)29(28)27(25)24-17-11-14-22(19-24)12-8-5-2;2*1-3-5-7-9-11-13-15-17-19-21-23-25-26-24-22-20-18-16-14-12-10-8-6-4-2;/h10-11,13-14,16-20H,4-9,12,15H2,1-3H3;2*1,3-26H2,2H3;/q;2*-1;+2. The first-order valence-corrected chi connectivity index (χ1v) is 36.7. The van der Waals surface area contributed by atoms with Crippen molar-refractivity contribution in [2.75, 3.05) is 0 Å². The van der Waals surface area contributed by atoms with Crippen molar-refractivity contribution in [2.24, 2.45) is 0 Å². The smallest absolute Gasteiger partial charge is 0.493 e. The average molecular weight is 1220 g/mol. The molecule has 2 aromatic carbocycles. The maximum absolute atomic E-state index is 11.2. The van der Waals surface area contributed by atoms with Gasteiger partial charge in [-0.25, -0.2) is 4.70 Å². The van der Waals surface area contributed by atoms with Gasteiger partial charge in [0.25, 0.3) is 0 Å². The Kier molecular flexibility index (Phi) is 62.3. The first-order chi connectivity index (χ1) is 40.0. The predicted molar refractivity (Wildman–Crippen MR) is 367 cm³/mol. The first kappa shape index (κ1) is 80.2. The molecule has 0 aliphatic carbocycles. The number of unbranched alkanes of at least 4 members (excludes halogenated alkanes) is 49. The molecule has 476 valence electrons. The summed E-state index contributed by atoms with van der Waals surface area (Å²) in [5.74, 6) is 0. The number of allylic oxidation sites excluding steroid dienone is 2. The van der Waals surface area contributed by atoms with Gasteiger partial charge in [-0.3, -0.25) is 0 Å². The number of hydrogen-bond donors (Lipinski definition) is 0. The summed E-state index contributed by atoms with van der Waals surface area (Å²) in [7, 11) is 0. The molecule has 0 aromatic heterocycles. The van der Waals surface area contributed by atoms with Crippen molar-refractivity contribution < 1.29 is 25.1 Å². The van der Waals surface area contributed by atoms with Crippen LogP contribution >= 0.6 is 0 Å². The predicted octanol–water partition coefficient (Wildman–Crippen LogP) is 28.4. The zero-order valence-corrected chi connectivity index (χ0v) is 57.5. The molecule has 0 radical (unpaired) electrons. The van der Waals surface area contributed by atoms with Crippen molar-refractivity contribution in [1.82, 2.24) is 0 Å². The van der Waals surface area contributed by atoms with Crippen molar-refractivity contribution in [1.29, 1.82) is 0 Å². The van der Waals surface area contributed by atoms with E-state index in [9.17, 15) is 5.53 Å². The van der Waals surface area contributed by atoms with Crippen LogP contribution in [-0.2, 0) is 33.3 Å². The van der Waals surface area contributed by atoms with Gasteiger partial charge in [0.2, 0.25) is 11.4 Å². The Morgan fingerprint density at radius 2 is 0.598 bits per heavy atom. The summed E-state index contributed by atoms with van der Waals surface area (Å²) in [6.07, 6.45) is 80.8. The molecule has 0 saturated carbocycles. The minimum absolute atomic E-state index is 0. The molecule has 3 heteroatoms. The van der Waals surface area contributed by atoms with E-state index in [0.717, 1.165) is 61.0 Å².